The standard InChI is InChI=1S/C11H24N2O2S/c1-4-12-7-10(2)8-13(3)11-5-6-16(14,15)9-11/h10-12H,4-9H2,1-3H3. The van der Waals surface area contributed by atoms with Crippen molar-refractivity contribution in [3.8, 4) is 0 Å². The Morgan fingerprint density at radius 3 is 2.69 bits per heavy atom. The van der Waals surface area contributed by atoms with Crippen LogP contribution < -0.4 is 5.32 Å². The zero-order valence-corrected chi connectivity index (χ0v) is 11.4. The van der Waals surface area contributed by atoms with E-state index in [2.05, 4.69) is 24.1 Å². The molecule has 0 aromatic carbocycles. The van der Waals surface area contributed by atoms with E-state index in [9.17, 15) is 8.42 Å². The predicted molar refractivity (Wildman–Crippen MR) is 67.4 cm³/mol. The molecule has 0 aliphatic carbocycles. The average molecular weight is 248 g/mol. The number of nitrogens with zero attached hydrogens (tertiary/aromatic N) is 1. The molecule has 0 spiro atoms. The Morgan fingerprint density at radius 2 is 2.19 bits per heavy atom. The van der Waals surface area contributed by atoms with E-state index in [1.807, 2.05) is 7.05 Å². The van der Waals surface area contributed by atoms with Crippen LogP contribution in [0.25, 0.3) is 0 Å². The molecule has 1 rings (SSSR count). The predicted octanol–water partition coefficient (Wildman–Crippen LogP) is 0.351. The SMILES string of the molecule is CCNCC(C)CN(C)C1CCS(=O)(=O)C1. The number of hydrogen-bond acceptors (Lipinski definition) is 4. The second kappa shape index (κ2) is 5.98. The third-order valence-electron chi connectivity index (χ3n) is 3.17. The van der Waals surface area contributed by atoms with Crippen molar-refractivity contribution >= 4 is 9.84 Å². The first-order valence-electron chi connectivity index (χ1n) is 6.06. The topological polar surface area (TPSA) is 49.4 Å². The highest BCUT2D eigenvalue weighted by molar-refractivity contribution is 7.91. The van der Waals surface area contributed by atoms with E-state index in [-0.39, 0.29) is 6.04 Å². The molecule has 1 N–H and O–H groups in total. The number of hydrogen-bond donors (Lipinski definition) is 1. The first-order valence-corrected chi connectivity index (χ1v) is 7.88. The summed E-state index contributed by atoms with van der Waals surface area (Å²) in [5.74, 6) is 1.27. The minimum atomic E-state index is -2.75. The monoisotopic (exact) mass is 248 g/mol. The van der Waals surface area contributed by atoms with Crippen molar-refractivity contribution in [1.29, 1.82) is 0 Å². The molecule has 0 aromatic heterocycles. The molecule has 4 nitrogen and oxygen atoms in total. The van der Waals surface area contributed by atoms with Crippen LogP contribution in [0, 0.1) is 5.92 Å². The van der Waals surface area contributed by atoms with Crippen LogP contribution in [0.2, 0.25) is 0 Å². The van der Waals surface area contributed by atoms with Gasteiger partial charge in [-0.3, -0.25) is 0 Å². The van der Waals surface area contributed by atoms with Gasteiger partial charge in [-0.25, -0.2) is 8.42 Å². The summed E-state index contributed by atoms with van der Waals surface area (Å²) in [4.78, 5) is 2.20. The smallest absolute Gasteiger partial charge is 0.151 e. The Labute approximate surface area is 99.3 Å². The summed E-state index contributed by atoms with van der Waals surface area (Å²) >= 11 is 0. The third kappa shape index (κ3) is 4.39. The van der Waals surface area contributed by atoms with Crippen LogP contribution >= 0.6 is 0 Å². The molecule has 0 saturated carbocycles. The molecule has 96 valence electrons. The molecule has 1 saturated heterocycles. The van der Waals surface area contributed by atoms with Crippen molar-refractivity contribution in [3.63, 3.8) is 0 Å². The van der Waals surface area contributed by atoms with Crippen molar-refractivity contribution in [2.75, 3.05) is 38.2 Å². The van der Waals surface area contributed by atoms with Gasteiger partial charge in [0.25, 0.3) is 0 Å². The van der Waals surface area contributed by atoms with Crippen molar-refractivity contribution in [3.05, 3.63) is 0 Å². The van der Waals surface area contributed by atoms with Crippen molar-refractivity contribution in [2.45, 2.75) is 26.3 Å². The summed E-state index contributed by atoms with van der Waals surface area (Å²) in [7, 11) is -0.715. The Hall–Kier alpha value is -0.130. The highest BCUT2D eigenvalue weighted by Crippen LogP contribution is 2.17. The maximum Gasteiger partial charge on any atom is 0.151 e. The molecular formula is C11H24N2O2S. The van der Waals surface area contributed by atoms with E-state index in [1.54, 1.807) is 0 Å². The van der Waals surface area contributed by atoms with E-state index < -0.39 is 9.84 Å². The van der Waals surface area contributed by atoms with Crippen LogP contribution in [0.15, 0.2) is 0 Å². The van der Waals surface area contributed by atoms with Gasteiger partial charge in [0.05, 0.1) is 11.5 Å². The van der Waals surface area contributed by atoms with E-state index in [1.165, 1.54) is 0 Å². The Kier molecular flexibility index (Phi) is 5.21. The van der Waals surface area contributed by atoms with Crippen LogP contribution in [0.3, 0.4) is 0 Å². The van der Waals surface area contributed by atoms with Crippen LogP contribution in [0.4, 0.5) is 0 Å². The van der Waals surface area contributed by atoms with Gasteiger partial charge in [0.15, 0.2) is 9.84 Å². The van der Waals surface area contributed by atoms with Crippen LogP contribution in [0.5, 0.6) is 0 Å². The summed E-state index contributed by atoms with van der Waals surface area (Å²) in [5, 5.41) is 3.32. The van der Waals surface area contributed by atoms with Crippen molar-refractivity contribution in [2.24, 2.45) is 5.92 Å². The van der Waals surface area contributed by atoms with Gasteiger partial charge in [0.2, 0.25) is 0 Å². The lowest BCUT2D eigenvalue weighted by Gasteiger charge is -2.26. The summed E-state index contributed by atoms with van der Waals surface area (Å²) in [6, 6.07) is 0.231. The Bertz CT molecular complexity index is 303. The lowest BCUT2D eigenvalue weighted by molar-refractivity contribution is 0.225. The molecule has 16 heavy (non-hydrogen) atoms. The molecule has 0 aromatic rings. The average Bonchev–Trinajstić information content (AvgIpc) is 2.56. The molecule has 2 atom stereocenters. The maximum atomic E-state index is 11.4. The van der Waals surface area contributed by atoms with Gasteiger partial charge in [-0.15, -0.1) is 0 Å². The van der Waals surface area contributed by atoms with Crippen LogP contribution in [-0.4, -0.2) is 57.5 Å². The molecule has 0 bridgehead atoms. The second-order valence-electron chi connectivity index (χ2n) is 4.91. The first-order chi connectivity index (χ1) is 7.44. The highest BCUT2D eigenvalue weighted by atomic mass is 32.2. The summed E-state index contributed by atoms with van der Waals surface area (Å²) in [5.41, 5.74) is 0. The van der Waals surface area contributed by atoms with Crippen LogP contribution in [-0.2, 0) is 9.84 Å². The lowest BCUT2D eigenvalue weighted by Crippen LogP contribution is -2.38. The Morgan fingerprint density at radius 1 is 1.50 bits per heavy atom. The summed E-state index contributed by atoms with van der Waals surface area (Å²) < 4.78 is 22.7. The fourth-order valence-corrected chi connectivity index (χ4v) is 4.02. The van der Waals surface area contributed by atoms with E-state index in [0.717, 1.165) is 26.1 Å². The van der Waals surface area contributed by atoms with Gasteiger partial charge >= 0.3 is 0 Å². The maximum absolute atomic E-state index is 11.4. The zero-order valence-electron chi connectivity index (χ0n) is 10.6. The van der Waals surface area contributed by atoms with Gasteiger partial charge < -0.3 is 10.2 Å². The van der Waals surface area contributed by atoms with Gasteiger partial charge in [0.1, 0.15) is 0 Å². The lowest BCUT2D eigenvalue weighted by atomic mass is 10.1. The number of sulfone groups is 1. The highest BCUT2D eigenvalue weighted by Gasteiger charge is 2.30. The summed E-state index contributed by atoms with van der Waals surface area (Å²) in [6.45, 7) is 7.25. The minimum absolute atomic E-state index is 0.231. The molecule has 2 unspecified atom stereocenters. The van der Waals surface area contributed by atoms with E-state index >= 15 is 0 Å². The normalized spacial score (nSPS) is 26.1. The molecule has 1 aliphatic rings. The van der Waals surface area contributed by atoms with Crippen LogP contribution in [0.1, 0.15) is 20.3 Å². The zero-order chi connectivity index (χ0) is 12.2. The van der Waals surface area contributed by atoms with Crippen molar-refractivity contribution in [1.82, 2.24) is 10.2 Å². The number of rotatable bonds is 6. The van der Waals surface area contributed by atoms with Gasteiger partial charge in [-0.2, -0.15) is 0 Å². The molecule has 0 radical (unpaired) electrons. The molecule has 1 heterocycles. The molecule has 0 amide bonds. The molecular weight excluding hydrogens is 224 g/mol. The molecule has 1 aliphatic heterocycles. The Balaban J connectivity index is 2.33. The molecule has 1 fully saturated rings. The second-order valence-corrected chi connectivity index (χ2v) is 7.14. The van der Waals surface area contributed by atoms with E-state index in [4.69, 9.17) is 0 Å². The fraction of sp³-hybridized carbons (Fsp3) is 1.00. The largest absolute Gasteiger partial charge is 0.317 e. The van der Waals surface area contributed by atoms with E-state index in [0.29, 0.717) is 17.4 Å². The number of nitrogens with one attached hydrogen (secondary N) is 1. The quantitative estimate of drug-likeness (QED) is 0.737. The first kappa shape index (κ1) is 13.9. The summed E-state index contributed by atoms with van der Waals surface area (Å²) in [6.07, 6.45) is 0.798. The van der Waals surface area contributed by atoms with Gasteiger partial charge in [-0.05, 0) is 32.5 Å². The van der Waals surface area contributed by atoms with Gasteiger partial charge in [-0.1, -0.05) is 13.8 Å². The minimum Gasteiger partial charge on any atom is -0.317 e. The van der Waals surface area contributed by atoms with Crippen molar-refractivity contribution < 1.29 is 8.42 Å². The fourth-order valence-electron chi connectivity index (χ4n) is 2.22. The third-order valence-corrected chi connectivity index (χ3v) is 4.92. The van der Waals surface area contributed by atoms with Gasteiger partial charge in [0, 0.05) is 12.6 Å². The molecule has 5 heteroatoms.